The van der Waals surface area contributed by atoms with Crippen LogP contribution in [0.5, 0.6) is 0 Å². The van der Waals surface area contributed by atoms with Crippen LogP contribution in [0.2, 0.25) is 0 Å². The van der Waals surface area contributed by atoms with E-state index >= 15 is 0 Å². The summed E-state index contributed by atoms with van der Waals surface area (Å²) in [6.07, 6.45) is 0.855. The van der Waals surface area contributed by atoms with Crippen molar-refractivity contribution in [1.29, 1.82) is 0 Å². The number of hydrogen-bond acceptors (Lipinski definition) is 2. The number of aromatic nitrogens is 2. The number of rotatable bonds is 5. The third-order valence-electron chi connectivity index (χ3n) is 4.20. The molecule has 1 N–H and O–H groups in total. The molecule has 0 bridgehead atoms. The maximum Gasteiger partial charge on any atom is 0.270 e. The van der Waals surface area contributed by atoms with Crippen molar-refractivity contribution in [3.05, 3.63) is 71.2 Å². The number of amides is 1. The molecule has 2 aromatic carbocycles. The second-order valence-electron chi connectivity index (χ2n) is 6.38. The molecule has 0 fully saturated rings. The highest BCUT2D eigenvalue weighted by Gasteiger charge is 2.18. The van der Waals surface area contributed by atoms with Gasteiger partial charge in [-0.05, 0) is 62.2 Å². The SMILES string of the molecule is CCCNC(=O)c1cc(-c2ccc(F)cc2)nn1-c1ccc(C)cc1C. The molecule has 1 heterocycles. The van der Waals surface area contributed by atoms with Gasteiger partial charge in [0, 0.05) is 12.1 Å². The zero-order valence-corrected chi connectivity index (χ0v) is 15.2. The van der Waals surface area contributed by atoms with Gasteiger partial charge in [0.15, 0.2) is 0 Å². The Morgan fingerprint density at radius 2 is 1.85 bits per heavy atom. The van der Waals surface area contributed by atoms with Gasteiger partial charge in [-0.3, -0.25) is 4.79 Å². The number of carbonyl (C=O) groups is 1. The summed E-state index contributed by atoms with van der Waals surface area (Å²) in [6.45, 7) is 6.63. The number of benzene rings is 2. The molecule has 0 radical (unpaired) electrons. The summed E-state index contributed by atoms with van der Waals surface area (Å²) < 4.78 is 14.9. The fourth-order valence-electron chi connectivity index (χ4n) is 2.86. The van der Waals surface area contributed by atoms with E-state index in [0.29, 0.717) is 17.9 Å². The Labute approximate surface area is 152 Å². The van der Waals surface area contributed by atoms with Crippen molar-refractivity contribution in [2.75, 3.05) is 6.54 Å². The molecule has 0 atom stereocenters. The lowest BCUT2D eigenvalue weighted by atomic mass is 10.1. The average molecular weight is 351 g/mol. The van der Waals surface area contributed by atoms with E-state index in [9.17, 15) is 9.18 Å². The molecule has 0 saturated carbocycles. The number of aryl methyl sites for hydroxylation is 2. The van der Waals surface area contributed by atoms with Crippen LogP contribution >= 0.6 is 0 Å². The van der Waals surface area contributed by atoms with Gasteiger partial charge < -0.3 is 5.32 Å². The minimum absolute atomic E-state index is 0.173. The third kappa shape index (κ3) is 3.67. The first kappa shape index (κ1) is 17.9. The molecule has 26 heavy (non-hydrogen) atoms. The molecular formula is C21H22FN3O. The number of hydrogen-bond donors (Lipinski definition) is 1. The normalized spacial score (nSPS) is 10.8. The summed E-state index contributed by atoms with van der Waals surface area (Å²) in [4.78, 5) is 12.6. The molecule has 0 unspecified atom stereocenters. The van der Waals surface area contributed by atoms with Crippen molar-refractivity contribution in [2.24, 2.45) is 0 Å². The highest BCUT2D eigenvalue weighted by atomic mass is 19.1. The van der Waals surface area contributed by atoms with E-state index in [0.717, 1.165) is 28.8 Å². The summed E-state index contributed by atoms with van der Waals surface area (Å²) in [5.41, 5.74) is 4.89. The van der Waals surface area contributed by atoms with Crippen LogP contribution in [0.3, 0.4) is 0 Å². The van der Waals surface area contributed by atoms with Crippen LogP contribution < -0.4 is 5.32 Å². The maximum absolute atomic E-state index is 13.2. The predicted octanol–water partition coefficient (Wildman–Crippen LogP) is 4.44. The van der Waals surface area contributed by atoms with E-state index in [-0.39, 0.29) is 11.7 Å². The van der Waals surface area contributed by atoms with Gasteiger partial charge in [0.1, 0.15) is 11.5 Å². The Hall–Kier alpha value is -2.95. The van der Waals surface area contributed by atoms with Crippen LogP contribution in [0.25, 0.3) is 16.9 Å². The zero-order valence-electron chi connectivity index (χ0n) is 15.2. The van der Waals surface area contributed by atoms with E-state index in [1.807, 2.05) is 32.9 Å². The Kier molecular flexibility index (Phi) is 5.16. The maximum atomic E-state index is 13.2. The van der Waals surface area contributed by atoms with Crippen LogP contribution in [0.1, 0.15) is 35.0 Å². The first-order valence-electron chi connectivity index (χ1n) is 8.71. The standard InChI is InChI=1S/C21H22FN3O/c1-4-11-23-21(26)20-13-18(16-6-8-17(22)9-7-16)24-25(20)19-10-5-14(2)12-15(19)3/h5-10,12-13H,4,11H2,1-3H3,(H,23,26). The first-order valence-corrected chi connectivity index (χ1v) is 8.71. The van der Waals surface area contributed by atoms with Crippen molar-refractivity contribution in [1.82, 2.24) is 15.1 Å². The van der Waals surface area contributed by atoms with Crippen molar-refractivity contribution >= 4 is 5.91 Å². The largest absolute Gasteiger partial charge is 0.351 e. The molecule has 5 heteroatoms. The lowest BCUT2D eigenvalue weighted by Crippen LogP contribution is -2.26. The van der Waals surface area contributed by atoms with Crippen molar-refractivity contribution < 1.29 is 9.18 Å². The van der Waals surface area contributed by atoms with E-state index < -0.39 is 0 Å². The van der Waals surface area contributed by atoms with Crippen LogP contribution in [-0.4, -0.2) is 22.2 Å². The molecule has 3 rings (SSSR count). The number of nitrogens with zero attached hydrogens (tertiary/aromatic N) is 2. The number of halogens is 1. The predicted molar refractivity (Wildman–Crippen MR) is 101 cm³/mol. The second-order valence-corrected chi connectivity index (χ2v) is 6.38. The van der Waals surface area contributed by atoms with Gasteiger partial charge in [0.05, 0.1) is 11.4 Å². The fraction of sp³-hybridized carbons (Fsp3) is 0.238. The van der Waals surface area contributed by atoms with Gasteiger partial charge in [-0.2, -0.15) is 5.10 Å². The molecule has 134 valence electrons. The highest BCUT2D eigenvalue weighted by molar-refractivity contribution is 5.94. The minimum atomic E-state index is -0.302. The quantitative estimate of drug-likeness (QED) is 0.739. The van der Waals surface area contributed by atoms with E-state index in [2.05, 4.69) is 16.5 Å². The second kappa shape index (κ2) is 7.52. The molecule has 1 amide bonds. The van der Waals surface area contributed by atoms with Crippen LogP contribution in [-0.2, 0) is 0 Å². The Bertz CT molecular complexity index is 929. The molecule has 0 aliphatic carbocycles. The van der Waals surface area contributed by atoms with Gasteiger partial charge in [0.25, 0.3) is 5.91 Å². The first-order chi connectivity index (χ1) is 12.5. The Morgan fingerprint density at radius 3 is 2.50 bits per heavy atom. The minimum Gasteiger partial charge on any atom is -0.351 e. The molecule has 0 spiro atoms. The summed E-state index contributed by atoms with van der Waals surface area (Å²) in [6, 6.07) is 13.9. The van der Waals surface area contributed by atoms with Gasteiger partial charge >= 0.3 is 0 Å². The fourth-order valence-corrected chi connectivity index (χ4v) is 2.86. The summed E-state index contributed by atoms with van der Waals surface area (Å²) in [5, 5.41) is 7.54. The van der Waals surface area contributed by atoms with Crippen LogP contribution in [0.15, 0.2) is 48.5 Å². The highest BCUT2D eigenvalue weighted by Crippen LogP contribution is 2.24. The molecular weight excluding hydrogens is 329 g/mol. The number of nitrogens with one attached hydrogen (secondary N) is 1. The van der Waals surface area contributed by atoms with Gasteiger partial charge in [-0.15, -0.1) is 0 Å². The molecule has 0 aliphatic heterocycles. The lowest BCUT2D eigenvalue weighted by molar-refractivity contribution is 0.0946. The van der Waals surface area contributed by atoms with E-state index in [4.69, 9.17) is 0 Å². The monoisotopic (exact) mass is 351 g/mol. The lowest BCUT2D eigenvalue weighted by Gasteiger charge is -2.11. The smallest absolute Gasteiger partial charge is 0.270 e. The van der Waals surface area contributed by atoms with E-state index in [1.54, 1.807) is 22.9 Å². The zero-order chi connectivity index (χ0) is 18.7. The topological polar surface area (TPSA) is 46.9 Å². The van der Waals surface area contributed by atoms with Gasteiger partial charge in [-0.25, -0.2) is 9.07 Å². The third-order valence-corrected chi connectivity index (χ3v) is 4.20. The molecule has 3 aromatic rings. The summed E-state index contributed by atoms with van der Waals surface area (Å²) in [5.74, 6) is -0.476. The van der Waals surface area contributed by atoms with Crippen molar-refractivity contribution in [3.63, 3.8) is 0 Å². The number of carbonyl (C=O) groups excluding carboxylic acids is 1. The molecule has 0 saturated heterocycles. The summed E-state index contributed by atoms with van der Waals surface area (Å²) >= 11 is 0. The van der Waals surface area contributed by atoms with Crippen molar-refractivity contribution in [3.8, 4) is 16.9 Å². The summed E-state index contributed by atoms with van der Waals surface area (Å²) in [7, 11) is 0. The van der Waals surface area contributed by atoms with Crippen LogP contribution in [0.4, 0.5) is 4.39 Å². The Balaban J connectivity index is 2.11. The molecule has 1 aromatic heterocycles. The Morgan fingerprint density at radius 1 is 1.12 bits per heavy atom. The molecule has 4 nitrogen and oxygen atoms in total. The molecule has 0 aliphatic rings. The van der Waals surface area contributed by atoms with Crippen molar-refractivity contribution in [2.45, 2.75) is 27.2 Å². The van der Waals surface area contributed by atoms with Gasteiger partial charge in [0.2, 0.25) is 0 Å². The van der Waals surface area contributed by atoms with E-state index in [1.165, 1.54) is 12.1 Å². The van der Waals surface area contributed by atoms with Crippen LogP contribution in [0, 0.1) is 19.7 Å². The van der Waals surface area contributed by atoms with Gasteiger partial charge in [-0.1, -0.05) is 24.6 Å². The average Bonchev–Trinajstić information content (AvgIpc) is 3.05.